The van der Waals surface area contributed by atoms with Gasteiger partial charge in [-0.2, -0.15) is 0 Å². The van der Waals surface area contributed by atoms with Crippen LogP contribution in [-0.2, 0) is 15.8 Å². The first-order chi connectivity index (χ1) is 8.28. The maximum absolute atomic E-state index is 12.1. The Hall–Kier alpha value is -0.620. The van der Waals surface area contributed by atoms with Crippen LogP contribution in [0.5, 0.6) is 0 Å². The molecule has 2 aliphatic rings. The summed E-state index contributed by atoms with van der Waals surface area (Å²) in [6, 6.07) is 0.138. The lowest BCUT2D eigenvalue weighted by Crippen LogP contribution is -2.50. The van der Waals surface area contributed by atoms with Crippen LogP contribution in [0.3, 0.4) is 0 Å². The molecule has 1 amide bonds. The summed E-state index contributed by atoms with van der Waals surface area (Å²) in [5.74, 6) is 0. The van der Waals surface area contributed by atoms with E-state index in [0.717, 1.165) is 12.8 Å². The Bertz CT molecular complexity index is 352. The van der Waals surface area contributed by atoms with Gasteiger partial charge in [0.1, 0.15) is 5.60 Å². The maximum atomic E-state index is 12.1. The highest BCUT2D eigenvalue weighted by Gasteiger charge is 2.46. The second-order valence-corrected chi connectivity index (χ2v) is 7.36. The first-order valence-electron chi connectivity index (χ1n) is 6.39. The third-order valence-corrected chi connectivity index (χ3v) is 4.53. The Morgan fingerprint density at radius 3 is 2.17 bits per heavy atom. The van der Waals surface area contributed by atoms with Crippen molar-refractivity contribution in [3.05, 3.63) is 0 Å². The van der Waals surface area contributed by atoms with Gasteiger partial charge in [-0.3, -0.25) is 0 Å². The summed E-state index contributed by atoms with van der Waals surface area (Å²) in [6.45, 7) is 5.55. The molecule has 6 heteroatoms. The van der Waals surface area contributed by atoms with E-state index in [1.165, 1.54) is 0 Å². The number of rotatable bonds is 1. The van der Waals surface area contributed by atoms with Gasteiger partial charge in [-0.1, -0.05) is 0 Å². The van der Waals surface area contributed by atoms with E-state index in [1.54, 1.807) is 4.90 Å². The quantitative estimate of drug-likeness (QED) is 0.744. The summed E-state index contributed by atoms with van der Waals surface area (Å²) in [5, 5.41) is -0.193. The fourth-order valence-electron chi connectivity index (χ4n) is 2.90. The van der Waals surface area contributed by atoms with E-state index in [2.05, 4.69) is 0 Å². The second kappa shape index (κ2) is 4.81. The monoisotopic (exact) mass is 275 g/mol. The molecule has 0 radical (unpaired) electrons. The van der Waals surface area contributed by atoms with Gasteiger partial charge in [0.2, 0.25) is 0 Å². The number of carbonyl (C=O) groups excluding carboxylic acids is 1. The molecule has 1 N–H and O–H groups in total. The predicted octanol–water partition coefficient (Wildman–Crippen LogP) is 2.14. The van der Waals surface area contributed by atoms with E-state index in [-0.39, 0.29) is 23.4 Å². The van der Waals surface area contributed by atoms with Crippen LogP contribution < -0.4 is 0 Å². The minimum atomic E-state index is -1.78. The Labute approximate surface area is 110 Å². The highest BCUT2D eigenvalue weighted by atomic mass is 32.2. The third kappa shape index (κ3) is 2.85. The van der Waals surface area contributed by atoms with Crippen LogP contribution in [0.4, 0.5) is 4.79 Å². The summed E-state index contributed by atoms with van der Waals surface area (Å²) in [6.07, 6.45) is 2.77. The van der Waals surface area contributed by atoms with Gasteiger partial charge in [-0.05, 0) is 46.5 Å². The van der Waals surface area contributed by atoms with Crippen molar-refractivity contribution in [2.45, 2.75) is 69.4 Å². The summed E-state index contributed by atoms with van der Waals surface area (Å²) >= 11 is -1.78. The lowest BCUT2D eigenvalue weighted by atomic mass is 10.0. The summed E-state index contributed by atoms with van der Waals surface area (Å²) < 4.78 is 25.7. The van der Waals surface area contributed by atoms with Crippen LogP contribution in [0.15, 0.2) is 0 Å². The minimum Gasteiger partial charge on any atom is -0.444 e. The first-order valence-corrected chi connectivity index (χ1v) is 7.56. The molecule has 3 atom stereocenters. The number of ether oxygens (including phenoxy) is 1. The molecule has 0 aliphatic carbocycles. The van der Waals surface area contributed by atoms with E-state index < -0.39 is 16.7 Å². The van der Waals surface area contributed by atoms with E-state index in [4.69, 9.17) is 4.74 Å². The van der Waals surface area contributed by atoms with E-state index in [0.29, 0.717) is 12.8 Å². The van der Waals surface area contributed by atoms with Gasteiger partial charge >= 0.3 is 6.09 Å². The molecule has 0 aromatic rings. The molecule has 2 heterocycles. The van der Waals surface area contributed by atoms with Crippen LogP contribution in [0, 0.1) is 0 Å². The minimum absolute atomic E-state index is 0.0692. The van der Waals surface area contributed by atoms with E-state index >= 15 is 0 Å². The summed E-state index contributed by atoms with van der Waals surface area (Å²) in [4.78, 5) is 13.9. The zero-order chi connectivity index (χ0) is 13.5. The molecule has 18 heavy (non-hydrogen) atoms. The smallest absolute Gasteiger partial charge is 0.410 e. The predicted molar refractivity (Wildman–Crippen MR) is 68.7 cm³/mol. The van der Waals surface area contributed by atoms with Crippen molar-refractivity contribution in [1.82, 2.24) is 4.90 Å². The number of hydrogen-bond acceptors (Lipinski definition) is 3. The van der Waals surface area contributed by atoms with Crippen LogP contribution in [0.25, 0.3) is 0 Å². The third-order valence-electron chi connectivity index (χ3n) is 3.58. The summed E-state index contributed by atoms with van der Waals surface area (Å²) in [5.41, 5.74) is -0.493. The van der Waals surface area contributed by atoms with Gasteiger partial charge in [-0.25, -0.2) is 9.00 Å². The van der Waals surface area contributed by atoms with Gasteiger partial charge in [0.05, 0.1) is 5.25 Å². The maximum Gasteiger partial charge on any atom is 0.410 e. The van der Waals surface area contributed by atoms with Crippen LogP contribution in [-0.4, -0.2) is 42.7 Å². The Morgan fingerprint density at radius 1 is 1.28 bits per heavy atom. The zero-order valence-corrected chi connectivity index (χ0v) is 11.9. The van der Waals surface area contributed by atoms with Crippen LogP contribution in [0.2, 0.25) is 0 Å². The van der Waals surface area contributed by atoms with Gasteiger partial charge in [0.25, 0.3) is 0 Å². The topological polar surface area (TPSA) is 66.8 Å². The largest absolute Gasteiger partial charge is 0.444 e. The standard InChI is InChI=1S/C12H21NO4S/c1-12(2,3)17-11(14)13-8-4-5-9(13)7-10(6-8)18(15)16/h8-10H,4-7H2,1-3H3,(H,15,16). The molecule has 3 unspecified atom stereocenters. The van der Waals surface area contributed by atoms with Crippen molar-refractivity contribution in [2.24, 2.45) is 0 Å². The fraction of sp³-hybridized carbons (Fsp3) is 0.917. The highest BCUT2D eigenvalue weighted by Crippen LogP contribution is 2.38. The number of carbonyl (C=O) groups is 1. The molecule has 2 rings (SSSR count). The van der Waals surface area contributed by atoms with Gasteiger partial charge < -0.3 is 14.2 Å². The van der Waals surface area contributed by atoms with Crippen molar-refractivity contribution in [3.63, 3.8) is 0 Å². The molecule has 0 aromatic heterocycles. The lowest BCUT2D eigenvalue weighted by Gasteiger charge is -2.38. The van der Waals surface area contributed by atoms with E-state index in [1.807, 2.05) is 20.8 Å². The number of amides is 1. The number of piperidine rings is 1. The molecule has 5 nitrogen and oxygen atoms in total. The average molecular weight is 275 g/mol. The number of nitrogens with zero attached hydrogens (tertiary/aromatic N) is 1. The number of hydrogen-bond donors (Lipinski definition) is 1. The molecule has 2 aliphatic heterocycles. The van der Waals surface area contributed by atoms with Crippen LogP contribution >= 0.6 is 0 Å². The van der Waals surface area contributed by atoms with Gasteiger partial charge in [0.15, 0.2) is 11.1 Å². The molecular formula is C12H21NO4S. The molecule has 104 valence electrons. The van der Waals surface area contributed by atoms with E-state index in [9.17, 15) is 13.6 Å². The van der Waals surface area contributed by atoms with Crippen molar-refractivity contribution in [1.29, 1.82) is 0 Å². The van der Waals surface area contributed by atoms with Gasteiger partial charge in [0, 0.05) is 12.1 Å². The van der Waals surface area contributed by atoms with Gasteiger partial charge in [-0.15, -0.1) is 0 Å². The molecule has 2 bridgehead atoms. The van der Waals surface area contributed by atoms with Crippen LogP contribution in [0.1, 0.15) is 46.5 Å². The SMILES string of the molecule is CC(C)(C)OC(=O)N1C2CCC1CC(S(=O)O)C2. The number of fused-ring (bicyclic) bond motifs is 2. The fourth-order valence-corrected chi connectivity index (χ4v) is 3.68. The zero-order valence-electron chi connectivity index (χ0n) is 11.1. The van der Waals surface area contributed by atoms with Crippen molar-refractivity contribution in [3.8, 4) is 0 Å². The Morgan fingerprint density at radius 2 is 1.78 bits per heavy atom. The molecular weight excluding hydrogens is 254 g/mol. The highest BCUT2D eigenvalue weighted by molar-refractivity contribution is 7.79. The molecule has 2 saturated heterocycles. The lowest BCUT2D eigenvalue weighted by molar-refractivity contribution is 0.00810. The molecule has 2 fully saturated rings. The molecule has 0 aromatic carbocycles. The first kappa shape index (κ1) is 13.8. The summed E-state index contributed by atoms with van der Waals surface area (Å²) in [7, 11) is 0. The Balaban J connectivity index is 2.05. The average Bonchev–Trinajstić information content (AvgIpc) is 2.47. The second-order valence-electron chi connectivity index (χ2n) is 6.14. The normalized spacial score (nSPS) is 33.3. The molecule has 0 spiro atoms. The van der Waals surface area contributed by atoms with Crippen molar-refractivity contribution >= 4 is 17.2 Å². The van der Waals surface area contributed by atoms with Crippen molar-refractivity contribution in [2.75, 3.05) is 0 Å². The Kier molecular flexibility index (Phi) is 3.69. The molecule has 0 saturated carbocycles. The van der Waals surface area contributed by atoms with Crippen molar-refractivity contribution < 1.29 is 18.3 Å².